The molecule has 1 aliphatic rings. The van der Waals surface area contributed by atoms with Gasteiger partial charge in [-0.15, -0.1) is 0 Å². The summed E-state index contributed by atoms with van der Waals surface area (Å²) in [5.74, 6) is -0.833. The Morgan fingerprint density at radius 1 is 1.09 bits per heavy atom. The van der Waals surface area contributed by atoms with Crippen molar-refractivity contribution in [3.63, 3.8) is 0 Å². The summed E-state index contributed by atoms with van der Waals surface area (Å²) in [4.78, 5) is 16.6. The highest BCUT2D eigenvalue weighted by molar-refractivity contribution is 6.32. The van der Waals surface area contributed by atoms with E-state index in [0.717, 1.165) is 0 Å². The lowest BCUT2D eigenvalue weighted by molar-refractivity contribution is -0.136. The van der Waals surface area contributed by atoms with E-state index < -0.39 is 5.97 Å². The molecule has 2 N–H and O–H groups in total. The molecule has 1 heterocycles. The van der Waals surface area contributed by atoms with Crippen LogP contribution in [0.3, 0.4) is 0 Å². The third-order valence-corrected chi connectivity index (χ3v) is 3.38. The molecule has 1 aliphatic heterocycles. The van der Waals surface area contributed by atoms with E-state index in [1.165, 1.54) is 24.3 Å². The minimum Gasteiger partial charge on any atom is -0.508 e. The average molecular weight is 316 g/mol. The van der Waals surface area contributed by atoms with Crippen LogP contribution in [0.25, 0.3) is 6.08 Å². The summed E-state index contributed by atoms with van der Waals surface area (Å²) in [6, 6.07) is 10.9. The Labute approximate surface area is 130 Å². The predicted octanol–water partition coefficient (Wildman–Crippen LogP) is 3.10. The van der Waals surface area contributed by atoms with Crippen LogP contribution in [-0.2, 0) is 9.63 Å². The SMILES string of the molecule is O=C1ON=C(c2ccc(Cl)cc2)/C1=C/c1ccc(O)cc1O. The van der Waals surface area contributed by atoms with Crippen LogP contribution in [0.1, 0.15) is 11.1 Å². The normalized spacial score (nSPS) is 15.8. The van der Waals surface area contributed by atoms with Crippen molar-refractivity contribution < 1.29 is 19.8 Å². The lowest BCUT2D eigenvalue weighted by Gasteiger charge is -2.03. The number of oxime groups is 1. The molecule has 0 saturated carbocycles. The smallest absolute Gasteiger partial charge is 0.368 e. The molecule has 0 fully saturated rings. The summed E-state index contributed by atoms with van der Waals surface area (Å²) >= 11 is 5.84. The Morgan fingerprint density at radius 2 is 1.82 bits per heavy atom. The summed E-state index contributed by atoms with van der Waals surface area (Å²) in [6.07, 6.45) is 1.46. The number of rotatable bonds is 2. The summed E-state index contributed by atoms with van der Waals surface area (Å²) in [5.41, 5.74) is 1.60. The monoisotopic (exact) mass is 315 g/mol. The Kier molecular flexibility index (Phi) is 3.56. The molecule has 0 spiro atoms. The maximum Gasteiger partial charge on any atom is 0.368 e. The molecule has 22 heavy (non-hydrogen) atoms. The van der Waals surface area contributed by atoms with Crippen molar-refractivity contribution in [1.82, 2.24) is 0 Å². The van der Waals surface area contributed by atoms with Gasteiger partial charge < -0.3 is 15.1 Å². The van der Waals surface area contributed by atoms with Gasteiger partial charge in [0, 0.05) is 22.2 Å². The summed E-state index contributed by atoms with van der Waals surface area (Å²) < 4.78 is 0. The molecule has 0 atom stereocenters. The van der Waals surface area contributed by atoms with Crippen molar-refractivity contribution in [3.8, 4) is 11.5 Å². The van der Waals surface area contributed by atoms with Gasteiger partial charge in [0.1, 0.15) is 17.2 Å². The van der Waals surface area contributed by atoms with Gasteiger partial charge in [-0.05, 0) is 30.3 Å². The topological polar surface area (TPSA) is 79.1 Å². The van der Waals surface area contributed by atoms with E-state index in [9.17, 15) is 15.0 Å². The second-order valence-electron chi connectivity index (χ2n) is 4.63. The molecule has 0 unspecified atom stereocenters. The summed E-state index contributed by atoms with van der Waals surface area (Å²) in [6.45, 7) is 0. The summed E-state index contributed by atoms with van der Waals surface area (Å²) in [7, 11) is 0. The van der Waals surface area contributed by atoms with Crippen LogP contribution in [0.2, 0.25) is 5.02 Å². The van der Waals surface area contributed by atoms with Gasteiger partial charge in [-0.3, -0.25) is 0 Å². The van der Waals surface area contributed by atoms with Crippen molar-refractivity contribution in [2.24, 2.45) is 5.16 Å². The van der Waals surface area contributed by atoms with E-state index in [2.05, 4.69) is 5.16 Å². The summed E-state index contributed by atoms with van der Waals surface area (Å²) in [5, 5.41) is 23.4. The number of carbonyl (C=O) groups is 1. The van der Waals surface area contributed by atoms with Crippen molar-refractivity contribution in [2.75, 3.05) is 0 Å². The van der Waals surface area contributed by atoms with E-state index in [0.29, 0.717) is 21.9 Å². The van der Waals surface area contributed by atoms with Crippen LogP contribution in [0, 0.1) is 0 Å². The number of hydrogen-bond donors (Lipinski definition) is 2. The first-order valence-electron chi connectivity index (χ1n) is 6.34. The van der Waals surface area contributed by atoms with Gasteiger partial charge in [0.05, 0.1) is 5.57 Å². The van der Waals surface area contributed by atoms with Gasteiger partial charge in [0.25, 0.3) is 0 Å². The molecule has 5 nitrogen and oxygen atoms in total. The fourth-order valence-electron chi connectivity index (χ4n) is 2.03. The average Bonchev–Trinajstić information content (AvgIpc) is 2.84. The highest BCUT2D eigenvalue weighted by Gasteiger charge is 2.27. The molecule has 2 aromatic rings. The quantitative estimate of drug-likeness (QED) is 0.659. The predicted molar refractivity (Wildman–Crippen MR) is 81.8 cm³/mol. The maximum absolute atomic E-state index is 11.8. The minimum absolute atomic E-state index is 0.0692. The lowest BCUT2D eigenvalue weighted by atomic mass is 10.0. The molecule has 0 saturated heterocycles. The molecule has 0 aromatic heterocycles. The molecule has 0 radical (unpaired) electrons. The zero-order chi connectivity index (χ0) is 15.7. The van der Waals surface area contributed by atoms with Gasteiger partial charge in [-0.25, -0.2) is 4.79 Å². The van der Waals surface area contributed by atoms with E-state index in [1.54, 1.807) is 24.3 Å². The van der Waals surface area contributed by atoms with Crippen molar-refractivity contribution in [3.05, 3.63) is 64.2 Å². The molecule has 0 bridgehead atoms. The second-order valence-corrected chi connectivity index (χ2v) is 5.06. The van der Waals surface area contributed by atoms with Gasteiger partial charge in [0.15, 0.2) is 0 Å². The Bertz CT molecular complexity index is 809. The molecule has 0 amide bonds. The van der Waals surface area contributed by atoms with Gasteiger partial charge in [0.2, 0.25) is 0 Å². The standard InChI is InChI=1S/C16H10ClNO4/c17-11-4-1-9(2-5-11)15-13(16(21)22-18-15)7-10-3-6-12(19)8-14(10)20/h1-8,19-20H/b13-7-. The van der Waals surface area contributed by atoms with E-state index in [1.807, 2.05) is 0 Å². The Balaban J connectivity index is 2.03. The fourth-order valence-corrected chi connectivity index (χ4v) is 2.16. The van der Waals surface area contributed by atoms with Crippen LogP contribution in [-0.4, -0.2) is 21.9 Å². The number of aromatic hydroxyl groups is 2. The second kappa shape index (κ2) is 5.54. The zero-order valence-electron chi connectivity index (χ0n) is 11.2. The highest BCUT2D eigenvalue weighted by Crippen LogP contribution is 2.27. The fraction of sp³-hybridized carbons (Fsp3) is 0. The third-order valence-electron chi connectivity index (χ3n) is 3.13. The number of halogens is 1. The van der Waals surface area contributed by atoms with Crippen LogP contribution >= 0.6 is 11.6 Å². The van der Waals surface area contributed by atoms with Crippen molar-refractivity contribution in [1.29, 1.82) is 0 Å². The molecule has 110 valence electrons. The number of hydrogen-bond acceptors (Lipinski definition) is 5. The molecule has 3 rings (SSSR count). The highest BCUT2D eigenvalue weighted by atomic mass is 35.5. The first-order chi connectivity index (χ1) is 10.5. The first-order valence-corrected chi connectivity index (χ1v) is 6.72. The van der Waals surface area contributed by atoms with E-state index in [4.69, 9.17) is 16.4 Å². The number of nitrogens with zero attached hydrogens (tertiary/aromatic N) is 1. The molecule has 0 aliphatic carbocycles. The van der Waals surface area contributed by atoms with E-state index >= 15 is 0 Å². The van der Waals surface area contributed by atoms with Crippen LogP contribution in [0.15, 0.2) is 53.2 Å². The van der Waals surface area contributed by atoms with Crippen molar-refractivity contribution >= 4 is 29.4 Å². The molecule has 2 aromatic carbocycles. The minimum atomic E-state index is -0.613. The number of phenols is 2. The maximum atomic E-state index is 11.8. The molecular formula is C16H10ClNO4. The Hall–Kier alpha value is -2.79. The van der Waals surface area contributed by atoms with Crippen LogP contribution in [0.5, 0.6) is 11.5 Å². The van der Waals surface area contributed by atoms with Crippen LogP contribution in [0.4, 0.5) is 0 Å². The van der Waals surface area contributed by atoms with Crippen LogP contribution < -0.4 is 0 Å². The van der Waals surface area contributed by atoms with Gasteiger partial charge in [-0.1, -0.05) is 28.9 Å². The zero-order valence-corrected chi connectivity index (χ0v) is 11.9. The van der Waals surface area contributed by atoms with Gasteiger partial charge in [-0.2, -0.15) is 0 Å². The number of benzene rings is 2. The lowest BCUT2D eigenvalue weighted by Crippen LogP contribution is -2.06. The van der Waals surface area contributed by atoms with Gasteiger partial charge >= 0.3 is 5.97 Å². The number of phenolic OH excluding ortho intramolecular Hbond substituents is 2. The molecular weight excluding hydrogens is 306 g/mol. The number of carbonyl (C=O) groups excluding carboxylic acids is 1. The largest absolute Gasteiger partial charge is 0.508 e. The third kappa shape index (κ3) is 2.66. The van der Waals surface area contributed by atoms with Crippen molar-refractivity contribution in [2.45, 2.75) is 0 Å². The van der Waals surface area contributed by atoms with E-state index in [-0.39, 0.29) is 17.1 Å². The Morgan fingerprint density at radius 3 is 2.50 bits per heavy atom. The molecule has 6 heteroatoms. The first kappa shape index (κ1) is 14.2.